The Kier molecular flexibility index (Phi) is 18.5. The molecule has 0 fully saturated rings. The number of benzene rings is 4. The van der Waals surface area contributed by atoms with Gasteiger partial charge in [-0.15, -0.1) is 0 Å². The molecule has 6 heterocycles. The van der Waals surface area contributed by atoms with Crippen LogP contribution in [0, 0.1) is 11.6 Å². The highest BCUT2D eigenvalue weighted by atomic mass is 19.1. The normalized spacial score (nSPS) is 14.2. The molecule has 10 rings (SSSR count). The largest absolute Gasteiger partial charge is 0.396 e. The van der Waals surface area contributed by atoms with Gasteiger partial charge in [0.1, 0.15) is 23.0 Å². The van der Waals surface area contributed by atoms with Crippen LogP contribution in [0.1, 0.15) is 120 Å². The molecular formula is C65H66F2N10O5. The number of aromatic nitrogens is 4. The zero-order valence-electron chi connectivity index (χ0n) is 46.5. The third-order valence-electron chi connectivity index (χ3n) is 14.2. The Labute approximate surface area is 476 Å². The molecule has 0 bridgehead atoms. The summed E-state index contributed by atoms with van der Waals surface area (Å²) >= 11 is 0. The summed E-state index contributed by atoms with van der Waals surface area (Å²) < 4.78 is 28.4. The number of amides is 6. The second-order valence-electron chi connectivity index (χ2n) is 20.8. The van der Waals surface area contributed by atoms with Gasteiger partial charge in [-0.25, -0.2) is 28.3 Å². The Hall–Kier alpha value is -9.22. The Morgan fingerprint density at radius 3 is 1.35 bits per heavy atom. The predicted molar refractivity (Wildman–Crippen MR) is 311 cm³/mol. The van der Waals surface area contributed by atoms with Crippen LogP contribution in [0.5, 0.6) is 0 Å². The molecule has 0 radical (unpaired) electrons. The van der Waals surface area contributed by atoms with Gasteiger partial charge >= 0.3 is 12.1 Å². The maximum absolute atomic E-state index is 14.2. The van der Waals surface area contributed by atoms with Crippen molar-refractivity contribution in [2.45, 2.75) is 104 Å². The molecule has 2 atom stereocenters. The number of nitrogens with zero attached hydrogens (tertiary/aromatic N) is 6. The van der Waals surface area contributed by atoms with Crippen molar-refractivity contribution < 1.29 is 33.1 Å². The maximum atomic E-state index is 14.2. The number of rotatable bonds is 16. The van der Waals surface area contributed by atoms with Crippen LogP contribution in [-0.2, 0) is 26.2 Å². The van der Waals surface area contributed by atoms with Crippen LogP contribution >= 0.6 is 0 Å². The number of hydrogen-bond acceptors (Lipinski definition) is 9. The third-order valence-corrected chi connectivity index (χ3v) is 14.2. The molecule has 0 saturated heterocycles. The molecule has 4 aromatic carbocycles. The van der Waals surface area contributed by atoms with Gasteiger partial charge in [-0.2, -0.15) is 0 Å². The summed E-state index contributed by atoms with van der Waals surface area (Å²) in [6, 6.07) is 38.5. The summed E-state index contributed by atoms with van der Waals surface area (Å²) in [5, 5.41) is 21.5. The van der Waals surface area contributed by atoms with Gasteiger partial charge in [0.05, 0.1) is 23.5 Å². The van der Waals surface area contributed by atoms with Crippen molar-refractivity contribution in [2.75, 3.05) is 6.61 Å². The van der Waals surface area contributed by atoms with E-state index < -0.39 is 23.7 Å². The number of carbonyl (C=O) groups is 4. The summed E-state index contributed by atoms with van der Waals surface area (Å²) in [4.78, 5) is 74.9. The minimum absolute atomic E-state index is 0.00610. The smallest absolute Gasteiger partial charge is 0.318 e. The minimum atomic E-state index is -0.454. The van der Waals surface area contributed by atoms with E-state index in [0.717, 1.165) is 68.5 Å². The fourth-order valence-electron chi connectivity index (χ4n) is 10.5. The van der Waals surface area contributed by atoms with E-state index in [4.69, 9.17) is 9.97 Å². The molecule has 420 valence electrons. The van der Waals surface area contributed by atoms with E-state index in [1.54, 1.807) is 78.2 Å². The molecule has 0 spiro atoms. The number of aliphatic hydroxyl groups is 1. The van der Waals surface area contributed by atoms with Crippen molar-refractivity contribution in [3.63, 3.8) is 0 Å². The number of fused-ring (bicyclic) bond motifs is 2. The second kappa shape index (κ2) is 26.4. The van der Waals surface area contributed by atoms with Crippen LogP contribution in [0.15, 0.2) is 158 Å². The lowest BCUT2D eigenvalue weighted by Gasteiger charge is -2.27. The Morgan fingerprint density at radius 2 is 0.963 bits per heavy atom. The number of halogens is 2. The number of nitrogens with one attached hydrogen (secondary N) is 4. The summed E-state index contributed by atoms with van der Waals surface area (Å²) in [6.45, 7) is 10.3. The first-order valence-electron chi connectivity index (χ1n) is 27.6. The molecule has 0 saturated carbocycles. The maximum Gasteiger partial charge on any atom is 0.318 e. The van der Waals surface area contributed by atoms with Gasteiger partial charge in [0.15, 0.2) is 0 Å². The van der Waals surface area contributed by atoms with Crippen molar-refractivity contribution in [1.29, 1.82) is 0 Å². The van der Waals surface area contributed by atoms with Crippen LogP contribution in [-0.4, -0.2) is 77.4 Å². The van der Waals surface area contributed by atoms with E-state index in [2.05, 4.69) is 38.2 Å². The molecule has 0 aliphatic carbocycles. The molecule has 6 amide bonds. The number of pyridine rings is 4. The van der Waals surface area contributed by atoms with Crippen LogP contribution < -0.4 is 21.3 Å². The predicted octanol–water partition coefficient (Wildman–Crippen LogP) is 11.9. The van der Waals surface area contributed by atoms with Gasteiger partial charge in [0.2, 0.25) is 0 Å². The van der Waals surface area contributed by atoms with Crippen LogP contribution in [0.3, 0.4) is 0 Å². The zero-order chi connectivity index (χ0) is 57.9. The first kappa shape index (κ1) is 57.5. The quantitative estimate of drug-likeness (QED) is 0.0626. The summed E-state index contributed by atoms with van der Waals surface area (Å²) in [7, 11) is 0. The topological polar surface area (TPSA) is 195 Å². The fourth-order valence-corrected chi connectivity index (χ4v) is 10.5. The molecule has 5 N–H and O–H groups in total. The average molecular weight is 1110 g/mol. The molecule has 8 aromatic rings. The second-order valence-corrected chi connectivity index (χ2v) is 20.8. The van der Waals surface area contributed by atoms with E-state index in [-0.39, 0.29) is 73.6 Å². The van der Waals surface area contributed by atoms with E-state index in [9.17, 15) is 33.1 Å². The van der Waals surface area contributed by atoms with E-state index in [0.29, 0.717) is 35.5 Å². The minimum Gasteiger partial charge on any atom is -0.396 e. The average Bonchev–Trinajstić information content (AvgIpc) is 4.26. The van der Waals surface area contributed by atoms with Crippen LogP contribution in [0.4, 0.5) is 18.4 Å². The van der Waals surface area contributed by atoms with Gasteiger partial charge in [-0.05, 0) is 111 Å². The molecular weight excluding hydrogens is 1040 g/mol. The Balaban J connectivity index is 0.000000198. The van der Waals surface area contributed by atoms with E-state index >= 15 is 0 Å². The molecule has 17 heteroatoms. The molecule has 82 heavy (non-hydrogen) atoms. The summed E-state index contributed by atoms with van der Waals surface area (Å²) in [6.07, 6.45) is 8.97. The first-order chi connectivity index (χ1) is 39.7. The van der Waals surface area contributed by atoms with Crippen molar-refractivity contribution in [3.05, 3.63) is 215 Å². The molecule has 4 aromatic heterocycles. The van der Waals surface area contributed by atoms with Crippen molar-refractivity contribution in [3.8, 4) is 44.8 Å². The standard InChI is InChI=1S/C33H34FN5O2.C32H32FN5O3/c1-4-9-29-30-26(20-39(29)33(41)37-21(2)3)17-28(32(40)36-19-25-10-5-6-14-27(25)34)38-31(30)23-12-7-11-22(16-23)24-13-8-15-35-18-24;1-20(2)36-32(41)38-19-25-16-27(31(40)35-18-24-7-3-4-11-26(24)33)37-30(29(25)28(38)12-14-39)22-9-5-8-21(15-22)23-10-6-13-34-17-23/h5-8,10-18,21,29H,4,9,19-20H2,1-3H3,(H,36,40)(H,37,41);3-11,13,15-17,20,28,39H,12,14,18-19H2,1-2H3,(H,35,40)(H,36,41)/t29-;28-/m11/s1. The number of hydrogen-bond donors (Lipinski definition) is 5. The van der Waals surface area contributed by atoms with Gasteiger partial charge in [-0.1, -0.05) is 98.3 Å². The van der Waals surface area contributed by atoms with Gasteiger partial charge in [0, 0.05) is 114 Å². The molecule has 15 nitrogen and oxygen atoms in total. The third kappa shape index (κ3) is 13.3. The van der Waals surface area contributed by atoms with Gasteiger partial charge in [0.25, 0.3) is 11.8 Å². The zero-order valence-corrected chi connectivity index (χ0v) is 46.5. The van der Waals surface area contributed by atoms with Crippen molar-refractivity contribution >= 4 is 23.9 Å². The first-order valence-corrected chi connectivity index (χ1v) is 27.6. The van der Waals surface area contributed by atoms with E-state index in [1.165, 1.54) is 12.1 Å². The summed E-state index contributed by atoms with van der Waals surface area (Å²) in [5.74, 6) is -1.64. The monoisotopic (exact) mass is 1100 g/mol. The van der Waals surface area contributed by atoms with Crippen molar-refractivity contribution in [2.24, 2.45) is 0 Å². The van der Waals surface area contributed by atoms with Crippen molar-refractivity contribution in [1.82, 2.24) is 51.0 Å². The van der Waals surface area contributed by atoms with Crippen LogP contribution in [0.25, 0.3) is 44.8 Å². The Bertz CT molecular complexity index is 3350. The molecule has 2 aliphatic heterocycles. The Morgan fingerprint density at radius 1 is 0.549 bits per heavy atom. The lowest BCUT2D eigenvalue weighted by molar-refractivity contribution is 0.0937. The van der Waals surface area contributed by atoms with Gasteiger partial charge in [-0.3, -0.25) is 19.6 Å². The van der Waals surface area contributed by atoms with E-state index in [1.807, 2.05) is 105 Å². The van der Waals surface area contributed by atoms with Gasteiger partial charge < -0.3 is 36.2 Å². The lowest BCUT2D eigenvalue weighted by Crippen LogP contribution is -2.42. The molecule has 0 unspecified atom stereocenters. The highest BCUT2D eigenvalue weighted by molar-refractivity contribution is 5.95. The number of carbonyl (C=O) groups excluding carboxylic acids is 4. The summed E-state index contributed by atoms with van der Waals surface area (Å²) in [5.41, 5.74) is 11.2. The number of urea groups is 2. The highest BCUT2D eigenvalue weighted by Crippen LogP contribution is 2.44. The number of aliphatic hydroxyl groups excluding tert-OH is 1. The lowest BCUT2D eigenvalue weighted by atomic mass is 9.93. The fraction of sp³-hybridized carbons (Fsp3) is 0.262. The SMILES string of the molecule is CC(C)NC(=O)N1Cc2cc(C(=O)NCc3ccccc3F)nc(-c3cccc(-c4cccnc4)c3)c2[C@H]1CCO.CCC[C@@H]1c2c(cc(C(=O)NCc3ccccc3F)nc2-c2cccc(-c3cccnc3)c2)CN1C(=O)NC(C)C. The highest BCUT2D eigenvalue weighted by Gasteiger charge is 2.39. The molecule has 2 aliphatic rings. The van der Waals surface area contributed by atoms with Crippen LogP contribution in [0.2, 0.25) is 0 Å².